The molecule has 2 aromatic rings. The van der Waals surface area contributed by atoms with Crippen LogP contribution in [0.3, 0.4) is 0 Å². The van der Waals surface area contributed by atoms with E-state index in [1.165, 1.54) is 18.2 Å². The van der Waals surface area contributed by atoms with Crippen molar-refractivity contribution in [3.05, 3.63) is 58.9 Å². The summed E-state index contributed by atoms with van der Waals surface area (Å²) >= 11 is 0.766. The Labute approximate surface area is 115 Å². The van der Waals surface area contributed by atoms with Crippen LogP contribution in [0.15, 0.2) is 29.2 Å². The number of hydrogen-bond donors (Lipinski definition) is 1. The Hall–Kier alpha value is -1.76. The predicted octanol–water partition coefficient (Wildman–Crippen LogP) is 4.38. The van der Waals surface area contributed by atoms with E-state index >= 15 is 0 Å². The van der Waals surface area contributed by atoms with Crippen LogP contribution < -0.4 is 0 Å². The molecule has 1 nitrogen and oxygen atoms in total. The van der Waals surface area contributed by atoms with Crippen LogP contribution in [0.25, 0.3) is 0 Å². The number of hydrogen-bond acceptors (Lipinski definition) is 2. The van der Waals surface area contributed by atoms with Gasteiger partial charge in [0, 0.05) is 16.2 Å². The Morgan fingerprint density at radius 3 is 1.85 bits per heavy atom. The van der Waals surface area contributed by atoms with Gasteiger partial charge in [-0.1, -0.05) is 12.1 Å². The van der Waals surface area contributed by atoms with Gasteiger partial charge in [0.1, 0.15) is 5.75 Å². The molecule has 0 aliphatic heterocycles. The molecule has 0 radical (unpaired) electrons. The number of halogens is 5. The Morgan fingerprint density at radius 1 is 0.800 bits per heavy atom. The number of para-hydroxylation sites is 1. The van der Waals surface area contributed by atoms with E-state index in [-0.39, 0.29) is 10.6 Å². The van der Waals surface area contributed by atoms with E-state index in [9.17, 15) is 27.1 Å². The number of benzene rings is 2. The predicted molar refractivity (Wildman–Crippen MR) is 63.9 cm³/mol. The minimum Gasteiger partial charge on any atom is -0.507 e. The summed E-state index contributed by atoms with van der Waals surface area (Å²) < 4.78 is 65.6. The van der Waals surface area contributed by atoms with Crippen molar-refractivity contribution < 1.29 is 27.1 Å². The third-order valence-corrected chi connectivity index (χ3v) is 3.63. The standard InChI is InChI=1S/C13H7F5OS/c14-9-6(10(15)12(17)13(18)11(9)16)5-20-8-4-2-1-3-7(8)19/h1-4,19H,5H2. The third kappa shape index (κ3) is 2.58. The number of aromatic hydroxyl groups is 1. The lowest BCUT2D eigenvalue weighted by molar-refractivity contribution is 0.372. The number of phenolic OH excluding ortho intramolecular Hbond substituents is 1. The first-order valence-electron chi connectivity index (χ1n) is 5.34. The van der Waals surface area contributed by atoms with Crippen molar-refractivity contribution in [2.24, 2.45) is 0 Å². The molecule has 0 aliphatic rings. The van der Waals surface area contributed by atoms with Crippen molar-refractivity contribution in [2.45, 2.75) is 10.6 Å². The Kier molecular flexibility index (Phi) is 4.17. The molecule has 0 unspecified atom stereocenters. The molecule has 0 aromatic heterocycles. The maximum absolute atomic E-state index is 13.4. The van der Waals surface area contributed by atoms with Gasteiger partial charge in [0.2, 0.25) is 5.82 Å². The van der Waals surface area contributed by atoms with Crippen molar-refractivity contribution in [1.29, 1.82) is 0 Å². The summed E-state index contributed by atoms with van der Waals surface area (Å²) in [6, 6.07) is 5.92. The topological polar surface area (TPSA) is 20.2 Å². The molecule has 0 atom stereocenters. The second-order valence-electron chi connectivity index (χ2n) is 3.80. The van der Waals surface area contributed by atoms with Gasteiger partial charge >= 0.3 is 0 Å². The second-order valence-corrected chi connectivity index (χ2v) is 4.82. The van der Waals surface area contributed by atoms with Crippen LogP contribution in [-0.4, -0.2) is 5.11 Å². The normalized spacial score (nSPS) is 10.8. The Morgan fingerprint density at radius 2 is 1.30 bits per heavy atom. The summed E-state index contributed by atoms with van der Waals surface area (Å²) in [5.41, 5.74) is -0.922. The van der Waals surface area contributed by atoms with Gasteiger partial charge in [-0.2, -0.15) is 0 Å². The smallest absolute Gasteiger partial charge is 0.200 e. The highest BCUT2D eigenvalue weighted by molar-refractivity contribution is 7.98. The van der Waals surface area contributed by atoms with Crippen LogP contribution in [0.5, 0.6) is 5.75 Å². The molecule has 0 aliphatic carbocycles. The molecule has 2 aromatic carbocycles. The molecule has 0 spiro atoms. The molecule has 1 N–H and O–H groups in total. The van der Waals surface area contributed by atoms with Gasteiger partial charge < -0.3 is 5.11 Å². The quantitative estimate of drug-likeness (QED) is 0.393. The zero-order chi connectivity index (χ0) is 14.9. The largest absolute Gasteiger partial charge is 0.507 e. The summed E-state index contributed by atoms with van der Waals surface area (Å²) in [5, 5.41) is 9.46. The monoisotopic (exact) mass is 306 g/mol. The van der Waals surface area contributed by atoms with Gasteiger partial charge in [0.15, 0.2) is 23.3 Å². The highest BCUT2D eigenvalue weighted by Crippen LogP contribution is 2.33. The average Bonchev–Trinajstić information content (AvgIpc) is 2.45. The average molecular weight is 306 g/mol. The van der Waals surface area contributed by atoms with Crippen molar-refractivity contribution in [3.8, 4) is 5.75 Å². The maximum atomic E-state index is 13.4. The first-order chi connectivity index (χ1) is 9.43. The lowest BCUT2D eigenvalue weighted by Gasteiger charge is -2.08. The van der Waals surface area contributed by atoms with E-state index in [1.807, 2.05) is 0 Å². The summed E-state index contributed by atoms with van der Waals surface area (Å²) in [7, 11) is 0. The van der Waals surface area contributed by atoms with E-state index in [1.54, 1.807) is 6.07 Å². The third-order valence-electron chi connectivity index (χ3n) is 2.54. The number of thioether (sulfide) groups is 1. The van der Waals surface area contributed by atoms with Gasteiger partial charge in [-0.05, 0) is 12.1 Å². The fraction of sp³-hybridized carbons (Fsp3) is 0.0769. The molecule has 7 heteroatoms. The summed E-state index contributed by atoms with van der Waals surface area (Å²) in [6.07, 6.45) is 0. The van der Waals surface area contributed by atoms with Crippen LogP contribution >= 0.6 is 11.8 Å². The molecule has 20 heavy (non-hydrogen) atoms. The lowest BCUT2D eigenvalue weighted by atomic mass is 10.2. The zero-order valence-electron chi connectivity index (χ0n) is 9.76. The van der Waals surface area contributed by atoms with E-state index < -0.39 is 40.4 Å². The van der Waals surface area contributed by atoms with Crippen LogP contribution in [0.2, 0.25) is 0 Å². The van der Waals surface area contributed by atoms with Crippen LogP contribution in [0.4, 0.5) is 22.0 Å². The second kappa shape index (κ2) is 5.70. The molecule has 106 valence electrons. The molecule has 0 saturated heterocycles. The van der Waals surface area contributed by atoms with Crippen molar-refractivity contribution in [3.63, 3.8) is 0 Å². The van der Waals surface area contributed by atoms with E-state index in [4.69, 9.17) is 0 Å². The van der Waals surface area contributed by atoms with Gasteiger partial charge in [0.25, 0.3) is 0 Å². The van der Waals surface area contributed by atoms with Gasteiger partial charge in [-0.25, -0.2) is 22.0 Å². The number of rotatable bonds is 3. The molecule has 0 bridgehead atoms. The van der Waals surface area contributed by atoms with Crippen molar-refractivity contribution >= 4 is 11.8 Å². The first kappa shape index (κ1) is 14.6. The lowest BCUT2D eigenvalue weighted by Crippen LogP contribution is -2.06. The van der Waals surface area contributed by atoms with E-state index in [0.717, 1.165) is 11.8 Å². The summed E-state index contributed by atoms with van der Waals surface area (Å²) in [5.74, 6) is -10.5. The van der Waals surface area contributed by atoms with Crippen LogP contribution in [0.1, 0.15) is 5.56 Å². The van der Waals surface area contributed by atoms with E-state index in [2.05, 4.69) is 0 Å². The molecular weight excluding hydrogens is 299 g/mol. The zero-order valence-corrected chi connectivity index (χ0v) is 10.6. The summed E-state index contributed by atoms with van der Waals surface area (Å²) in [4.78, 5) is 0.274. The fourth-order valence-corrected chi connectivity index (χ4v) is 2.45. The maximum Gasteiger partial charge on any atom is 0.200 e. The first-order valence-corrected chi connectivity index (χ1v) is 6.33. The van der Waals surface area contributed by atoms with Gasteiger partial charge in [0.05, 0.1) is 0 Å². The van der Waals surface area contributed by atoms with Crippen LogP contribution in [0, 0.1) is 29.1 Å². The van der Waals surface area contributed by atoms with Crippen LogP contribution in [-0.2, 0) is 5.75 Å². The molecule has 2 rings (SSSR count). The molecule has 0 fully saturated rings. The highest BCUT2D eigenvalue weighted by Gasteiger charge is 2.25. The van der Waals surface area contributed by atoms with Gasteiger partial charge in [-0.15, -0.1) is 11.8 Å². The molecule has 0 heterocycles. The summed E-state index contributed by atoms with van der Waals surface area (Å²) in [6.45, 7) is 0. The minimum atomic E-state index is -2.18. The van der Waals surface area contributed by atoms with Crippen molar-refractivity contribution in [1.82, 2.24) is 0 Å². The van der Waals surface area contributed by atoms with Gasteiger partial charge in [-0.3, -0.25) is 0 Å². The fourth-order valence-electron chi connectivity index (χ4n) is 1.51. The Bertz CT molecular complexity index is 630. The molecule has 0 saturated carbocycles. The number of phenols is 1. The van der Waals surface area contributed by atoms with E-state index in [0.29, 0.717) is 0 Å². The molecular formula is C13H7F5OS. The minimum absolute atomic E-state index is 0.138. The highest BCUT2D eigenvalue weighted by atomic mass is 32.2. The Balaban J connectivity index is 2.33. The SMILES string of the molecule is Oc1ccccc1SCc1c(F)c(F)c(F)c(F)c1F. The van der Waals surface area contributed by atoms with Crippen molar-refractivity contribution in [2.75, 3.05) is 0 Å². The molecule has 0 amide bonds.